The van der Waals surface area contributed by atoms with Gasteiger partial charge in [-0.1, -0.05) is 24.3 Å². The standard InChI is InChI=1S/C22H22FN3O3/c23-16-9-7-15(8-10-16)11-12-24-20(27)14-26-18-5-2-1-4-17(18)21(28)25-13-3-6-19(25)22(26)29/h1-2,4-5,7-10,19H,3,6,11-14H2,(H,24,27)/t19-/m1/s1. The van der Waals surface area contributed by atoms with Crippen LogP contribution < -0.4 is 10.2 Å². The van der Waals surface area contributed by atoms with Crippen molar-refractivity contribution in [1.82, 2.24) is 10.2 Å². The molecule has 0 unspecified atom stereocenters. The molecule has 150 valence electrons. The smallest absolute Gasteiger partial charge is 0.256 e. The van der Waals surface area contributed by atoms with Crippen molar-refractivity contribution in [3.8, 4) is 0 Å². The van der Waals surface area contributed by atoms with Crippen molar-refractivity contribution < 1.29 is 18.8 Å². The minimum atomic E-state index is -0.512. The van der Waals surface area contributed by atoms with E-state index in [0.717, 1.165) is 12.0 Å². The molecule has 1 fully saturated rings. The van der Waals surface area contributed by atoms with Gasteiger partial charge in [-0.2, -0.15) is 0 Å². The molecule has 2 aromatic carbocycles. The normalized spacial score (nSPS) is 18.3. The molecule has 2 aromatic rings. The first kappa shape index (κ1) is 19.1. The molecule has 1 saturated heterocycles. The number of carbonyl (C=O) groups excluding carboxylic acids is 3. The van der Waals surface area contributed by atoms with E-state index in [1.807, 2.05) is 0 Å². The topological polar surface area (TPSA) is 69.7 Å². The third-order valence-corrected chi connectivity index (χ3v) is 5.44. The zero-order valence-electron chi connectivity index (χ0n) is 15.9. The third-order valence-electron chi connectivity index (χ3n) is 5.44. The third kappa shape index (κ3) is 3.85. The summed E-state index contributed by atoms with van der Waals surface area (Å²) >= 11 is 0. The van der Waals surface area contributed by atoms with Gasteiger partial charge in [0.25, 0.3) is 5.91 Å². The van der Waals surface area contributed by atoms with Gasteiger partial charge >= 0.3 is 0 Å². The van der Waals surface area contributed by atoms with E-state index < -0.39 is 6.04 Å². The number of anilines is 1. The quantitative estimate of drug-likeness (QED) is 0.843. The van der Waals surface area contributed by atoms with E-state index in [1.54, 1.807) is 41.3 Å². The van der Waals surface area contributed by atoms with Crippen molar-refractivity contribution in [3.63, 3.8) is 0 Å². The second-order valence-corrected chi connectivity index (χ2v) is 7.32. The Hall–Kier alpha value is -3.22. The summed E-state index contributed by atoms with van der Waals surface area (Å²) in [6.07, 6.45) is 1.95. The van der Waals surface area contributed by atoms with Crippen LogP contribution in [-0.2, 0) is 16.0 Å². The molecule has 3 amide bonds. The van der Waals surface area contributed by atoms with Gasteiger partial charge in [0, 0.05) is 13.1 Å². The Morgan fingerprint density at radius 3 is 2.66 bits per heavy atom. The molecule has 0 spiro atoms. The molecule has 7 heteroatoms. The molecule has 2 heterocycles. The van der Waals surface area contributed by atoms with Crippen LogP contribution in [0.5, 0.6) is 0 Å². The summed E-state index contributed by atoms with van der Waals surface area (Å²) in [7, 11) is 0. The number of benzene rings is 2. The fraction of sp³-hybridized carbons (Fsp3) is 0.318. The fourth-order valence-corrected chi connectivity index (χ4v) is 3.97. The monoisotopic (exact) mass is 395 g/mol. The minimum Gasteiger partial charge on any atom is -0.354 e. The molecule has 4 rings (SSSR count). The van der Waals surface area contributed by atoms with Gasteiger partial charge in [-0.25, -0.2) is 4.39 Å². The van der Waals surface area contributed by atoms with Gasteiger partial charge < -0.3 is 15.1 Å². The van der Waals surface area contributed by atoms with E-state index in [9.17, 15) is 18.8 Å². The first-order valence-corrected chi connectivity index (χ1v) is 9.77. The number of hydrogen-bond donors (Lipinski definition) is 1. The SMILES string of the molecule is O=C(CN1C(=O)[C@H]2CCCN2C(=O)c2ccccc21)NCCc1ccc(F)cc1. The van der Waals surface area contributed by atoms with Crippen LogP contribution in [0.25, 0.3) is 0 Å². The van der Waals surface area contributed by atoms with Crippen molar-refractivity contribution >= 4 is 23.4 Å². The summed E-state index contributed by atoms with van der Waals surface area (Å²) in [4.78, 5) is 41.6. The lowest BCUT2D eigenvalue weighted by Crippen LogP contribution is -2.48. The maximum absolute atomic E-state index is 13.1. The van der Waals surface area contributed by atoms with E-state index >= 15 is 0 Å². The van der Waals surface area contributed by atoms with Crippen molar-refractivity contribution in [2.75, 3.05) is 24.5 Å². The number of rotatable bonds is 5. The lowest BCUT2D eigenvalue weighted by atomic mass is 10.1. The predicted molar refractivity (Wildman–Crippen MR) is 106 cm³/mol. The van der Waals surface area contributed by atoms with Gasteiger partial charge in [0.1, 0.15) is 18.4 Å². The van der Waals surface area contributed by atoms with Crippen LogP contribution in [0.4, 0.5) is 10.1 Å². The zero-order chi connectivity index (χ0) is 20.4. The van der Waals surface area contributed by atoms with Gasteiger partial charge in [-0.15, -0.1) is 0 Å². The summed E-state index contributed by atoms with van der Waals surface area (Å²) in [6.45, 7) is 0.792. The molecule has 0 aliphatic carbocycles. The summed E-state index contributed by atoms with van der Waals surface area (Å²) < 4.78 is 13.0. The van der Waals surface area contributed by atoms with Crippen LogP contribution in [0, 0.1) is 5.82 Å². The number of halogens is 1. The highest BCUT2D eigenvalue weighted by Crippen LogP contribution is 2.32. The highest BCUT2D eigenvalue weighted by Gasteiger charge is 2.42. The summed E-state index contributed by atoms with van der Waals surface area (Å²) in [5.41, 5.74) is 1.84. The van der Waals surface area contributed by atoms with E-state index in [-0.39, 0.29) is 30.1 Å². The second kappa shape index (κ2) is 8.03. The molecule has 0 radical (unpaired) electrons. The molecular weight excluding hydrogens is 373 g/mol. The molecule has 2 aliphatic heterocycles. The summed E-state index contributed by atoms with van der Waals surface area (Å²) in [5.74, 6) is -0.967. The minimum absolute atomic E-state index is 0.142. The Kier molecular flexibility index (Phi) is 5.29. The van der Waals surface area contributed by atoms with E-state index in [2.05, 4.69) is 5.32 Å². The average molecular weight is 395 g/mol. The molecule has 2 aliphatic rings. The Morgan fingerprint density at radius 2 is 1.86 bits per heavy atom. The molecule has 0 aromatic heterocycles. The molecule has 0 saturated carbocycles. The van der Waals surface area contributed by atoms with Gasteiger partial charge in [0.15, 0.2) is 0 Å². The van der Waals surface area contributed by atoms with Gasteiger partial charge in [-0.05, 0) is 49.1 Å². The molecular formula is C22H22FN3O3. The predicted octanol–water partition coefficient (Wildman–Crippen LogP) is 2.14. The Balaban J connectivity index is 1.46. The number of nitrogens with one attached hydrogen (secondary N) is 1. The molecule has 6 nitrogen and oxygen atoms in total. The molecule has 0 bridgehead atoms. The second-order valence-electron chi connectivity index (χ2n) is 7.32. The Morgan fingerprint density at radius 1 is 1.10 bits per heavy atom. The molecule has 1 N–H and O–H groups in total. The van der Waals surface area contributed by atoms with Crippen molar-refractivity contribution in [1.29, 1.82) is 0 Å². The van der Waals surface area contributed by atoms with E-state index in [1.165, 1.54) is 17.0 Å². The van der Waals surface area contributed by atoms with Crippen LogP contribution in [-0.4, -0.2) is 48.3 Å². The zero-order valence-corrected chi connectivity index (χ0v) is 15.9. The number of amides is 3. The summed E-state index contributed by atoms with van der Waals surface area (Å²) in [5, 5.41) is 2.81. The van der Waals surface area contributed by atoms with E-state index in [4.69, 9.17) is 0 Å². The van der Waals surface area contributed by atoms with Gasteiger partial charge in [0.05, 0.1) is 11.3 Å². The largest absolute Gasteiger partial charge is 0.354 e. The molecule has 1 atom stereocenters. The van der Waals surface area contributed by atoms with Crippen LogP contribution in [0.2, 0.25) is 0 Å². The van der Waals surface area contributed by atoms with Crippen LogP contribution in [0.1, 0.15) is 28.8 Å². The lowest BCUT2D eigenvalue weighted by molar-refractivity contribution is -0.125. The lowest BCUT2D eigenvalue weighted by Gasteiger charge is -2.25. The highest BCUT2D eigenvalue weighted by molar-refractivity contribution is 6.12. The molecule has 29 heavy (non-hydrogen) atoms. The maximum Gasteiger partial charge on any atom is 0.256 e. The first-order chi connectivity index (χ1) is 14.0. The maximum atomic E-state index is 13.1. The Labute approximate surface area is 168 Å². The van der Waals surface area contributed by atoms with Crippen molar-refractivity contribution in [3.05, 3.63) is 65.5 Å². The first-order valence-electron chi connectivity index (χ1n) is 9.77. The highest BCUT2D eigenvalue weighted by atomic mass is 19.1. The van der Waals surface area contributed by atoms with Gasteiger partial charge in [-0.3, -0.25) is 14.4 Å². The van der Waals surface area contributed by atoms with Crippen molar-refractivity contribution in [2.24, 2.45) is 0 Å². The fourth-order valence-electron chi connectivity index (χ4n) is 3.97. The van der Waals surface area contributed by atoms with E-state index in [0.29, 0.717) is 37.2 Å². The van der Waals surface area contributed by atoms with Gasteiger partial charge in [0.2, 0.25) is 11.8 Å². The number of nitrogens with zero attached hydrogens (tertiary/aromatic N) is 2. The van der Waals surface area contributed by atoms with Crippen LogP contribution in [0.15, 0.2) is 48.5 Å². The van der Waals surface area contributed by atoms with Crippen molar-refractivity contribution in [2.45, 2.75) is 25.3 Å². The average Bonchev–Trinajstić information content (AvgIpc) is 3.20. The van der Waals surface area contributed by atoms with Crippen LogP contribution >= 0.6 is 0 Å². The number of carbonyl (C=O) groups is 3. The van der Waals surface area contributed by atoms with Crippen LogP contribution in [0.3, 0.4) is 0 Å². The summed E-state index contributed by atoms with van der Waals surface area (Å²) in [6, 6.07) is 12.5. The number of hydrogen-bond acceptors (Lipinski definition) is 3. The number of para-hydroxylation sites is 1. The Bertz CT molecular complexity index is 945. The number of fused-ring (bicyclic) bond motifs is 2.